The predicted molar refractivity (Wildman–Crippen MR) is 68.1 cm³/mol. The number of hydrogen-bond donors (Lipinski definition) is 2. The average Bonchev–Trinajstić information content (AvgIpc) is 2.37. The quantitative estimate of drug-likeness (QED) is 0.340. The van der Waals surface area contributed by atoms with Crippen LogP contribution in [-0.4, -0.2) is 35.1 Å². The van der Waals surface area contributed by atoms with Crippen LogP contribution < -0.4 is 5.32 Å². The number of nitrogens with zero attached hydrogens (tertiary/aromatic N) is 1. The van der Waals surface area contributed by atoms with Gasteiger partial charge >= 0.3 is 11.7 Å². The molecule has 0 fully saturated rings. The first-order valence-corrected chi connectivity index (χ1v) is 5.60. The topological polar surface area (TPSA) is 119 Å². The molecule has 0 aliphatic rings. The molecule has 8 nitrogen and oxygen atoms in total. The maximum Gasteiger partial charge on any atom is 0.331 e. The number of nitrogens with one attached hydrogen (secondary N) is 1. The zero-order valence-corrected chi connectivity index (χ0v) is 11.0. The van der Waals surface area contributed by atoms with Crippen LogP contribution in [0.5, 0.6) is 5.75 Å². The molecule has 0 aliphatic carbocycles. The molecule has 1 amide bonds. The predicted octanol–water partition coefficient (Wildman–Crippen LogP) is 0.521. The van der Waals surface area contributed by atoms with Gasteiger partial charge in [0.25, 0.3) is 0 Å². The summed E-state index contributed by atoms with van der Waals surface area (Å²) >= 11 is 0. The number of hydrogen-bond acceptors (Lipinski definition) is 6. The third kappa shape index (κ3) is 3.22. The van der Waals surface area contributed by atoms with E-state index in [-0.39, 0.29) is 6.42 Å². The van der Waals surface area contributed by atoms with Gasteiger partial charge in [-0.2, -0.15) is 0 Å². The Bertz CT molecular complexity index is 545. The van der Waals surface area contributed by atoms with E-state index in [1.807, 2.05) is 0 Å². The van der Waals surface area contributed by atoms with Gasteiger partial charge in [-0.1, -0.05) is 6.07 Å². The second kappa shape index (κ2) is 6.00. The molecule has 0 aliphatic heterocycles. The Morgan fingerprint density at radius 2 is 2.25 bits per heavy atom. The van der Waals surface area contributed by atoms with E-state index in [0.717, 1.165) is 6.07 Å². The van der Waals surface area contributed by atoms with Gasteiger partial charge in [0, 0.05) is 12.5 Å². The molecule has 2 N–H and O–H groups in total. The monoisotopic (exact) mass is 282 g/mol. The van der Waals surface area contributed by atoms with Gasteiger partial charge in [-0.3, -0.25) is 14.9 Å². The second-order valence-electron chi connectivity index (χ2n) is 4.34. The lowest BCUT2D eigenvalue weighted by atomic mass is 9.92. The Morgan fingerprint density at radius 1 is 1.60 bits per heavy atom. The first kappa shape index (κ1) is 15.4. The van der Waals surface area contributed by atoms with Crippen LogP contribution in [0.15, 0.2) is 18.2 Å². The number of nitro groups is 1. The number of carbonyl (C=O) groups excluding carboxylic acids is 2. The number of methoxy groups -OCH3 is 1. The van der Waals surface area contributed by atoms with E-state index in [1.54, 1.807) is 0 Å². The molecule has 20 heavy (non-hydrogen) atoms. The molecule has 0 spiro atoms. The van der Waals surface area contributed by atoms with Crippen molar-refractivity contribution in [3.63, 3.8) is 0 Å². The number of phenolic OH excluding ortho intramolecular Hbond substituents is 1. The molecule has 0 aromatic heterocycles. The van der Waals surface area contributed by atoms with Crippen molar-refractivity contribution >= 4 is 18.1 Å². The van der Waals surface area contributed by atoms with Gasteiger partial charge in [0.1, 0.15) is 5.54 Å². The Balaban J connectivity index is 3.06. The van der Waals surface area contributed by atoms with Crippen LogP contribution in [0.2, 0.25) is 0 Å². The molecular formula is C12H14N2O6. The van der Waals surface area contributed by atoms with E-state index in [1.165, 1.54) is 26.2 Å². The van der Waals surface area contributed by atoms with Crippen molar-refractivity contribution in [3.05, 3.63) is 33.9 Å². The molecule has 1 aromatic rings. The average molecular weight is 282 g/mol. The molecule has 8 heteroatoms. The summed E-state index contributed by atoms with van der Waals surface area (Å²) in [4.78, 5) is 32.1. The van der Waals surface area contributed by atoms with Gasteiger partial charge in [-0.25, -0.2) is 4.79 Å². The van der Waals surface area contributed by atoms with Crippen LogP contribution in [0, 0.1) is 10.1 Å². The molecule has 1 rings (SSSR count). The van der Waals surface area contributed by atoms with Gasteiger partial charge in [-0.05, 0) is 18.6 Å². The van der Waals surface area contributed by atoms with Crippen LogP contribution in [0.25, 0.3) is 0 Å². The van der Waals surface area contributed by atoms with E-state index in [2.05, 4.69) is 10.1 Å². The van der Waals surface area contributed by atoms with Crippen LogP contribution >= 0.6 is 0 Å². The number of esters is 1. The van der Waals surface area contributed by atoms with Gasteiger partial charge in [0.15, 0.2) is 5.75 Å². The SMILES string of the molecule is COC(=O)[C@](C)(Cc1ccc([N+](=O)[O-])c(O)c1)NC=O. The van der Waals surface area contributed by atoms with Gasteiger partial charge in [0.2, 0.25) is 6.41 Å². The summed E-state index contributed by atoms with van der Waals surface area (Å²) in [5, 5.41) is 22.5. The van der Waals surface area contributed by atoms with E-state index in [0.29, 0.717) is 12.0 Å². The number of nitro benzene ring substituents is 1. The highest BCUT2D eigenvalue weighted by Gasteiger charge is 2.34. The Labute approximate surface area is 114 Å². The van der Waals surface area contributed by atoms with Crippen molar-refractivity contribution in [1.82, 2.24) is 5.32 Å². The fourth-order valence-electron chi connectivity index (χ4n) is 1.78. The van der Waals surface area contributed by atoms with Crippen LogP contribution in [0.4, 0.5) is 5.69 Å². The molecule has 1 atom stereocenters. The Morgan fingerprint density at radius 3 is 2.70 bits per heavy atom. The summed E-state index contributed by atoms with van der Waals surface area (Å²) in [6.45, 7) is 1.45. The minimum Gasteiger partial charge on any atom is -0.502 e. The van der Waals surface area contributed by atoms with Gasteiger partial charge in [-0.15, -0.1) is 0 Å². The van der Waals surface area contributed by atoms with Crippen molar-refractivity contribution in [2.45, 2.75) is 18.9 Å². The fraction of sp³-hybridized carbons (Fsp3) is 0.333. The summed E-state index contributed by atoms with van der Waals surface area (Å²) in [5.41, 5.74) is -1.31. The Hall–Kier alpha value is -2.64. The van der Waals surface area contributed by atoms with E-state index >= 15 is 0 Å². The molecule has 108 valence electrons. The zero-order chi connectivity index (χ0) is 15.3. The normalized spacial score (nSPS) is 13.1. The molecule has 1 aromatic carbocycles. The maximum atomic E-state index is 11.7. The minimum atomic E-state index is -1.32. The number of carbonyl (C=O) groups is 2. The van der Waals surface area contributed by atoms with Crippen molar-refractivity contribution in [2.24, 2.45) is 0 Å². The van der Waals surface area contributed by atoms with Crippen LogP contribution in [-0.2, 0) is 20.7 Å². The van der Waals surface area contributed by atoms with Crippen LogP contribution in [0.3, 0.4) is 0 Å². The molecular weight excluding hydrogens is 268 g/mol. The van der Waals surface area contributed by atoms with E-state index in [9.17, 15) is 24.8 Å². The van der Waals surface area contributed by atoms with Crippen molar-refractivity contribution in [3.8, 4) is 5.75 Å². The maximum absolute atomic E-state index is 11.7. The zero-order valence-electron chi connectivity index (χ0n) is 11.0. The number of rotatable bonds is 6. The van der Waals surface area contributed by atoms with Crippen molar-refractivity contribution in [1.29, 1.82) is 0 Å². The lowest BCUT2D eigenvalue weighted by Gasteiger charge is -2.25. The molecule has 0 radical (unpaired) electrons. The summed E-state index contributed by atoms with van der Waals surface area (Å²) in [7, 11) is 1.18. The molecule has 0 unspecified atom stereocenters. The number of amides is 1. The third-order valence-electron chi connectivity index (χ3n) is 2.81. The van der Waals surface area contributed by atoms with Crippen molar-refractivity contribution < 1.29 is 24.4 Å². The van der Waals surface area contributed by atoms with Crippen molar-refractivity contribution in [2.75, 3.05) is 7.11 Å². The van der Waals surface area contributed by atoms with E-state index in [4.69, 9.17) is 0 Å². The second-order valence-corrected chi connectivity index (χ2v) is 4.34. The number of aromatic hydroxyl groups is 1. The van der Waals surface area contributed by atoms with Crippen LogP contribution in [0.1, 0.15) is 12.5 Å². The standard InChI is InChI=1S/C12H14N2O6/c1-12(13-7-15,11(17)20-2)6-8-3-4-9(14(18)19)10(16)5-8/h3-5,7,16H,6H2,1-2H3,(H,13,15)/t12-/m0/s1. The summed E-state index contributed by atoms with van der Waals surface area (Å²) in [5.74, 6) is -1.17. The molecule has 0 saturated heterocycles. The van der Waals surface area contributed by atoms with Gasteiger partial charge in [0.05, 0.1) is 12.0 Å². The van der Waals surface area contributed by atoms with Gasteiger partial charge < -0.3 is 15.2 Å². The largest absolute Gasteiger partial charge is 0.502 e. The number of benzene rings is 1. The summed E-state index contributed by atoms with van der Waals surface area (Å²) in [6, 6.07) is 3.70. The highest BCUT2D eigenvalue weighted by Crippen LogP contribution is 2.28. The first-order chi connectivity index (χ1) is 9.34. The number of phenols is 1. The molecule has 0 heterocycles. The highest BCUT2D eigenvalue weighted by atomic mass is 16.6. The smallest absolute Gasteiger partial charge is 0.331 e. The first-order valence-electron chi connectivity index (χ1n) is 5.60. The fourth-order valence-corrected chi connectivity index (χ4v) is 1.78. The lowest BCUT2D eigenvalue weighted by molar-refractivity contribution is -0.385. The number of ether oxygens (including phenoxy) is 1. The summed E-state index contributed by atoms with van der Waals surface area (Å²) < 4.78 is 4.60. The molecule has 0 saturated carbocycles. The Kier molecular flexibility index (Phi) is 4.63. The summed E-state index contributed by atoms with van der Waals surface area (Å²) in [6.07, 6.45) is 0.381. The minimum absolute atomic E-state index is 0.0178. The highest BCUT2D eigenvalue weighted by molar-refractivity contribution is 5.83. The third-order valence-corrected chi connectivity index (χ3v) is 2.81. The lowest BCUT2D eigenvalue weighted by Crippen LogP contribution is -2.51. The van der Waals surface area contributed by atoms with E-state index < -0.39 is 27.9 Å². The molecule has 0 bridgehead atoms.